The first-order valence-electron chi connectivity index (χ1n) is 5.41. The number of rotatable bonds is 4. The maximum Gasteiger partial charge on any atom is 0.136 e. The molecule has 90 valence electrons. The van der Waals surface area contributed by atoms with Crippen molar-refractivity contribution in [2.75, 3.05) is 24.2 Å². The van der Waals surface area contributed by atoms with Gasteiger partial charge in [-0.15, -0.1) is 0 Å². The first kappa shape index (κ1) is 11.6. The number of anilines is 2. The average molecular weight is 235 g/mol. The minimum absolute atomic E-state index is 0.0988. The lowest BCUT2D eigenvalue weighted by atomic mass is 10.1. The Morgan fingerprint density at radius 2 is 2.18 bits per heavy atom. The van der Waals surface area contributed by atoms with Crippen molar-refractivity contribution >= 4 is 22.3 Å². The molecule has 2 aromatic rings. The summed E-state index contributed by atoms with van der Waals surface area (Å²) >= 11 is 0. The van der Waals surface area contributed by atoms with Crippen LogP contribution in [0.1, 0.15) is 6.42 Å². The smallest absolute Gasteiger partial charge is 0.136 e. The second-order valence-corrected chi connectivity index (χ2v) is 3.72. The van der Waals surface area contributed by atoms with Gasteiger partial charge < -0.3 is 16.2 Å². The van der Waals surface area contributed by atoms with Crippen molar-refractivity contribution in [3.8, 4) is 0 Å². The van der Waals surface area contributed by atoms with Crippen molar-refractivity contribution in [1.82, 2.24) is 4.98 Å². The van der Waals surface area contributed by atoms with E-state index in [-0.39, 0.29) is 12.4 Å². The number of nitrogens with two attached hydrogens (primary N) is 1. The number of hydrogen-bond acceptors (Lipinski definition) is 4. The van der Waals surface area contributed by atoms with Crippen molar-refractivity contribution in [2.45, 2.75) is 6.42 Å². The van der Waals surface area contributed by atoms with E-state index in [1.807, 2.05) is 0 Å². The zero-order valence-electron chi connectivity index (χ0n) is 9.28. The molecule has 0 bridgehead atoms. The number of halogens is 1. The predicted octanol–water partition coefficient (Wildman–Crippen LogP) is 1.75. The summed E-state index contributed by atoms with van der Waals surface area (Å²) in [6.45, 7) is 0.667. The van der Waals surface area contributed by atoms with Crippen molar-refractivity contribution in [2.24, 2.45) is 0 Å². The minimum atomic E-state index is -0.318. The molecule has 0 atom stereocenters. The fourth-order valence-corrected chi connectivity index (χ4v) is 1.71. The molecule has 0 unspecified atom stereocenters. The predicted molar refractivity (Wildman–Crippen MR) is 66.3 cm³/mol. The standard InChI is InChI=1S/C12H14FN3O/c13-9-2-3-10(14)11-8(9)4-6-16-12(11)15-5-1-7-17/h2-4,6,17H,1,5,7,14H2,(H,15,16). The first-order chi connectivity index (χ1) is 8.24. The summed E-state index contributed by atoms with van der Waals surface area (Å²) in [5.74, 6) is 0.231. The number of aromatic nitrogens is 1. The van der Waals surface area contributed by atoms with Gasteiger partial charge in [-0.3, -0.25) is 0 Å². The minimum Gasteiger partial charge on any atom is -0.398 e. The van der Waals surface area contributed by atoms with Gasteiger partial charge >= 0.3 is 0 Å². The number of hydrogen-bond donors (Lipinski definition) is 3. The number of aliphatic hydroxyl groups excluding tert-OH is 1. The summed E-state index contributed by atoms with van der Waals surface area (Å²) in [6.07, 6.45) is 2.14. The highest BCUT2D eigenvalue weighted by Gasteiger charge is 2.08. The van der Waals surface area contributed by atoms with Crippen molar-refractivity contribution < 1.29 is 9.50 Å². The molecular formula is C12H14FN3O. The molecule has 4 N–H and O–H groups in total. The monoisotopic (exact) mass is 235 g/mol. The van der Waals surface area contributed by atoms with Crippen molar-refractivity contribution in [1.29, 1.82) is 0 Å². The number of nitrogens with one attached hydrogen (secondary N) is 1. The average Bonchev–Trinajstić information content (AvgIpc) is 2.34. The Morgan fingerprint density at radius 1 is 1.35 bits per heavy atom. The first-order valence-corrected chi connectivity index (χ1v) is 5.41. The van der Waals surface area contributed by atoms with Gasteiger partial charge in [-0.25, -0.2) is 9.37 Å². The van der Waals surface area contributed by atoms with E-state index in [0.717, 1.165) is 0 Å². The van der Waals surface area contributed by atoms with Gasteiger partial charge in [0.25, 0.3) is 0 Å². The molecule has 0 aliphatic heterocycles. The summed E-state index contributed by atoms with van der Waals surface area (Å²) in [5.41, 5.74) is 6.32. The lowest BCUT2D eigenvalue weighted by molar-refractivity contribution is 0.292. The molecule has 0 aliphatic carbocycles. The molecule has 0 spiro atoms. The maximum absolute atomic E-state index is 13.6. The Bertz CT molecular complexity index is 530. The van der Waals surface area contributed by atoms with Crippen LogP contribution in [0.5, 0.6) is 0 Å². The quantitative estimate of drug-likeness (QED) is 0.557. The molecule has 2 rings (SSSR count). The zero-order chi connectivity index (χ0) is 12.3. The number of nitrogens with zero attached hydrogens (tertiary/aromatic N) is 1. The molecule has 1 aromatic carbocycles. The molecule has 0 saturated heterocycles. The maximum atomic E-state index is 13.6. The van der Waals surface area contributed by atoms with Gasteiger partial charge in [-0.1, -0.05) is 0 Å². The van der Waals surface area contributed by atoms with Crippen LogP contribution in [0.2, 0.25) is 0 Å². The second-order valence-electron chi connectivity index (χ2n) is 3.72. The Morgan fingerprint density at radius 3 is 2.94 bits per heavy atom. The number of fused-ring (bicyclic) bond motifs is 1. The number of pyridine rings is 1. The van der Waals surface area contributed by atoms with Crippen LogP contribution in [0.15, 0.2) is 24.4 Å². The molecule has 1 aromatic heterocycles. The van der Waals surface area contributed by atoms with Crippen LogP contribution in [0, 0.1) is 5.82 Å². The fraction of sp³-hybridized carbons (Fsp3) is 0.250. The Balaban J connectivity index is 2.45. The second kappa shape index (κ2) is 4.97. The third-order valence-electron chi connectivity index (χ3n) is 2.53. The zero-order valence-corrected chi connectivity index (χ0v) is 9.28. The summed E-state index contributed by atoms with van der Waals surface area (Å²) in [7, 11) is 0. The number of nitrogen functional groups attached to an aromatic ring is 1. The molecule has 0 aliphatic rings. The van der Waals surface area contributed by atoms with E-state index in [0.29, 0.717) is 35.2 Å². The molecule has 5 heteroatoms. The summed E-state index contributed by atoms with van der Waals surface area (Å²) in [5, 5.41) is 12.8. The highest BCUT2D eigenvalue weighted by atomic mass is 19.1. The Hall–Kier alpha value is -1.88. The largest absolute Gasteiger partial charge is 0.398 e. The van der Waals surface area contributed by atoms with Crippen LogP contribution in [0.4, 0.5) is 15.9 Å². The van der Waals surface area contributed by atoms with E-state index < -0.39 is 0 Å². The Kier molecular flexibility index (Phi) is 3.39. The van der Waals surface area contributed by atoms with Gasteiger partial charge in [0.1, 0.15) is 11.6 Å². The van der Waals surface area contributed by atoms with E-state index in [4.69, 9.17) is 10.8 Å². The third kappa shape index (κ3) is 2.29. The van der Waals surface area contributed by atoms with Gasteiger partial charge in [0, 0.05) is 30.4 Å². The van der Waals surface area contributed by atoms with Gasteiger partial charge in [0.15, 0.2) is 0 Å². The molecule has 17 heavy (non-hydrogen) atoms. The highest BCUT2D eigenvalue weighted by Crippen LogP contribution is 2.28. The van der Waals surface area contributed by atoms with Gasteiger partial charge in [0.05, 0.1) is 5.39 Å². The van der Waals surface area contributed by atoms with E-state index in [1.165, 1.54) is 18.3 Å². The molecule has 0 saturated carbocycles. The number of benzene rings is 1. The highest BCUT2D eigenvalue weighted by molar-refractivity contribution is 6.00. The van der Waals surface area contributed by atoms with Crippen LogP contribution >= 0.6 is 0 Å². The van der Waals surface area contributed by atoms with E-state index in [9.17, 15) is 4.39 Å². The van der Waals surface area contributed by atoms with Crippen LogP contribution in [0.3, 0.4) is 0 Å². The van der Waals surface area contributed by atoms with E-state index in [2.05, 4.69) is 10.3 Å². The van der Waals surface area contributed by atoms with Crippen LogP contribution in [-0.4, -0.2) is 23.2 Å². The molecule has 1 heterocycles. The summed E-state index contributed by atoms with van der Waals surface area (Å²) < 4.78 is 13.6. The van der Waals surface area contributed by atoms with Crippen molar-refractivity contribution in [3.63, 3.8) is 0 Å². The van der Waals surface area contributed by atoms with E-state index in [1.54, 1.807) is 6.07 Å². The van der Waals surface area contributed by atoms with Crippen LogP contribution in [0.25, 0.3) is 10.8 Å². The lowest BCUT2D eigenvalue weighted by Crippen LogP contribution is -2.06. The van der Waals surface area contributed by atoms with Gasteiger partial charge in [0.2, 0.25) is 0 Å². The molecule has 0 fully saturated rings. The fourth-order valence-electron chi connectivity index (χ4n) is 1.71. The normalized spacial score (nSPS) is 10.7. The summed E-state index contributed by atoms with van der Waals surface area (Å²) in [6, 6.07) is 4.46. The molecular weight excluding hydrogens is 221 g/mol. The van der Waals surface area contributed by atoms with Crippen LogP contribution in [-0.2, 0) is 0 Å². The van der Waals surface area contributed by atoms with Crippen molar-refractivity contribution in [3.05, 3.63) is 30.2 Å². The molecule has 4 nitrogen and oxygen atoms in total. The lowest BCUT2D eigenvalue weighted by Gasteiger charge is -2.10. The third-order valence-corrected chi connectivity index (χ3v) is 2.53. The Labute approximate surface area is 98.3 Å². The summed E-state index contributed by atoms with van der Waals surface area (Å²) in [4.78, 5) is 4.14. The van der Waals surface area contributed by atoms with Gasteiger partial charge in [-0.05, 0) is 24.6 Å². The molecule has 0 radical (unpaired) electrons. The molecule has 0 amide bonds. The number of aliphatic hydroxyl groups is 1. The van der Waals surface area contributed by atoms with Crippen LogP contribution < -0.4 is 11.1 Å². The van der Waals surface area contributed by atoms with Gasteiger partial charge in [-0.2, -0.15) is 0 Å². The van der Waals surface area contributed by atoms with E-state index >= 15 is 0 Å². The topological polar surface area (TPSA) is 71.2 Å². The SMILES string of the molecule is Nc1ccc(F)c2ccnc(NCCCO)c12.